The molecule has 104 valence electrons. The molecule has 1 unspecified atom stereocenters. The molecule has 0 aliphatic rings. The van der Waals surface area contributed by atoms with Gasteiger partial charge >= 0.3 is 5.97 Å². The Morgan fingerprint density at radius 2 is 1.89 bits per heavy atom. The third-order valence-corrected chi connectivity index (χ3v) is 2.85. The third kappa shape index (κ3) is 5.22. The van der Waals surface area contributed by atoms with Gasteiger partial charge in [0.25, 0.3) is 0 Å². The number of ketones is 1. The molecule has 1 aromatic rings. The number of rotatable bonds is 7. The van der Waals surface area contributed by atoms with Gasteiger partial charge in [0.1, 0.15) is 5.78 Å². The number of hydrogen-bond acceptors (Lipinski definition) is 4. The Morgan fingerprint density at radius 3 is 2.42 bits per heavy atom. The van der Waals surface area contributed by atoms with Gasteiger partial charge in [-0.2, -0.15) is 0 Å². The summed E-state index contributed by atoms with van der Waals surface area (Å²) in [6.45, 7) is 3.42. The SMILES string of the molecule is CCOC(=O)[C@H](CC(C)=O)CC(O)c1ccccc1. The molecule has 1 aromatic carbocycles. The van der Waals surface area contributed by atoms with Crippen LogP contribution in [0.4, 0.5) is 0 Å². The highest BCUT2D eigenvalue weighted by atomic mass is 16.5. The molecule has 0 heterocycles. The molecule has 0 radical (unpaired) electrons. The number of carbonyl (C=O) groups is 2. The van der Waals surface area contributed by atoms with Crippen LogP contribution in [0, 0.1) is 5.92 Å². The molecule has 0 aliphatic carbocycles. The average Bonchev–Trinajstić information content (AvgIpc) is 2.38. The van der Waals surface area contributed by atoms with E-state index < -0.39 is 18.0 Å². The van der Waals surface area contributed by atoms with Crippen LogP contribution in [0.1, 0.15) is 38.4 Å². The van der Waals surface area contributed by atoms with E-state index in [0.717, 1.165) is 5.56 Å². The number of Topliss-reactive ketones (excluding diaryl/α,β-unsaturated/α-hetero) is 1. The van der Waals surface area contributed by atoms with Crippen LogP contribution >= 0.6 is 0 Å². The molecule has 2 atom stereocenters. The third-order valence-electron chi connectivity index (χ3n) is 2.85. The molecular formula is C15H20O4. The first-order valence-electron chi connectivity index (χ1n) is 6.43. The predicted octanol–water partition coefficient (Wildman–Crippen LogP) is 2.27. The van der Waals surface area contributed by atoms with E-state index >= 15 is 0 Å². The summed E-state index contributed by atoms with van der Waals surface area (Å²) >= 11 is 0. The molecule has 0 bridgehead atoms. The van der Waals surface area contributed by atoms with E-state index in [1.165, 1.54) is 6.92 Å². The molecule has 0 amide bonds. The Morgan fingerprint density at radius 1 is 1.26 bits per heavy atom. The summed E-state index contributed by atoms with van der Waals surface area (Å²) in [5.41, 5.74) is 0.736. The van der Waals surface area contributed by atoms with E-state index in [1.807, 2.05) is 18.2 Å². The molecule has 0 aromatic heterocycles. The van der Waals surface area contributed by atoms with Crippen LogP contribution < -0.4 is 0 Å². The van der Waals surface area contributed by atoms with E-state index in [4.69, 9.17) is 4.74 Å². The second-order valence-corrected chi connectivity index (χ2v) is 4.52. The van der Waals surface area contributed by atoms with Crippen molar-refractivity contribution in [2.75, 3.05) is 6.61 Å². The lowest BCUT2D eigenvalue weighted by atomic mass is 9.93. The molecule has 0 saturated carbocycles. The van der Waals surface area contributed by atoms with Crippen LogP contribution in [0.25, 0.3) is 0 Å². The topological polar surface area (TPSA) is 63.6 Å². The van der Waals surface area contributed by atoms with Crippen molar-refractivity contribution < 1.29 is 19.4 Å². The first-order chi connectivity index (χ1) is 9.04. The van der Waals surface area contributed by atoms with Crippen LogP contribution in [-0.2, 0) is 14.3 Å². The monoisotopic (exact) mass is 264 g/mol. The largest absolute Gasteiger partial charge is 0.466 e. The Bertz CT molecular complexity index is 413. The molecular weight excluding hydrogens is 244 g/mol. The van der Waals surface area contributed by atoms with Crippen molar-refractivity contribution in [2.24, 2.45) is 5.92 Å². The predicted molar refractivity (Wildman–Crippen MR) is 71.4 cm³/mol. The average molecular weight is 264 g/mol. The van der Waals surface area contributed by atoms with Crippen molar-refractivity contribution in [2.45, 2.75) is 32.8 Å². The highest BCUT2D eigenvalue weighted by Gasteiger charge is 2.25. The van der Waals surface area contributed by atoms with Gasteiger partial charge in [0, 0.05) is 6.42 Å². The zero-order chi connectivity index (χ0) is 14.3. The fraction of sp³-hybridized carbons (Fsp3) is 0.467. The first kappa shape index (κ1) is 15.4. The van der Waals surface area contributed by atoms with Crippen molar-refractivity contribution in [3.63, 3.8) is 0 Å². The highest BCUT2D eigenvalue weighted by molar-refractivity contribution is 5.82. The van der Waals surface area contributed by atoms with Crippen molar-refractivity contribution >= 4 is 11.8 Å². The number of hydrogen-bond donors (Lipinski definition) is 1. The molecule has 4 nitrogen and oxygen atoms in total. The van der Waals surface area contributed by atoms with E-state index in [2.05, 4.69) is 0 Å². The summed E-state index contributed by atoms with van der Waals surface area (Å²) in [4.78, 5) is 23.0. The lowest BCUT2D eigenvalue weighted by molar-refractivity contribution is -0.150. The van der Waals surface area contributed by atoms with Crippen LogP contribution in [-0.4, -0.2) is 23.5 Å². The Balaban J connectivity index is 2.71. The normalized spacial score (nSPS) is 13.6. The highest BCUT2D eigenvalue weighted by Crippen LogP contribution is 2.24. The number of carbonyl (C=O) groups excluding carboxylic acids is 2. The minimum Gasteiger partial charge on any atom is -0.466 e. The first-order valence-corrected chi connectivity index (χ1v) is 6.43. The summed E-state index contributed by atoms with van der Waals surface area (Å²) in [6.07, 6.45) is -0.472. The molecule has 1 rings (SSSR count). The molecule has 0 spiro atoms. The van der Waals surface area contributed by atoms with Crippen molar-refractivity contribution in [3.8, 4) is 0 Å². The molecule has 0 fully saturated rings. The van der Waals surface area contributed by atoms with Gasteiger partial charge in [0.05, 0.1) is 18.6 Å². The van der Waals surface area contributed by atoms with Crippen molar-refractivity contribution in [3.05, 3.63) is 35.9 Å². The minimum atomic E-state index is -0.769. The summed E-state index contributed by atoms with van der Waals surface area (Å²) in [5, 5.41) is 10.1. The second kappa shape index (κ2) is 7.69. The maximum atomic E-state index is 11.8. The summed E-state index contributed by atoms with van der Waals surface area (Å²) in [7, 11) is 0. The number of benzene rings is 1. The van der Waals surface area contributed by atoms with Gasteiger partial charge in [0.15, 0.2) is 0 Å². The summed E-state index contributed by atoms with van der Waals surface area (Å²) < 4.78 is 4.94. The molecule has 4 heteroatoms. The maximum Gasteiger partial charge on any atom is 0.309 e. The molecule has 0 aliphatic heterocycles. The van der Waals surface area contributed by atoms with Crippen molar-refractivity contribution in [1.82, 2.24) is 0 Å². The van der Waals surface area contributed by atoms with Crippen LogP contribution in [0.5, 0.6) is 0 Å². The van der Waals surface area contributed by atoms with Gasteiger partial charge in [0.2, 0.25) is 0 Å². The maximum absolute atomic E-state index is 11.8. The van der Waals surface area contributed by atoms with E-state index in [1.54, 1.807) is 19.1 Å². The quantitative estimate of drug-likeness (QED) is 0.767. The fourth-order valence-electron chi connectivity index (χ4n) is 1.95. The lowest BCUT2D eigenvalue weighted by Crippen LogP contribution is -2.22. The zero-order valence-electron chi connectivity index (χ0n) is 11.3. The van der Waals surface area contributed by atoms with Gasteiger partial charge in [-0.25, -0.2) is 0 Å². The van der Waals surface area contributed by atoms with Gasteiger partial charge < -0.3 is 14.6 Å². The standard InChI is InChI=1S/C15H20O4/c1-3-19-15(18)13(9-11(2)16)10-14(17)12-7-5-4-6-8-12/h4-8,13-14,17H,3,9-10H2,1-2H3/t13-,14?/m1/s1. The second-order valence-electron chi connectivity index (χ2n) is 4.52. The molecule has 1 N–H and O–H groups in total. The van der Waals surface area contributed by atoms with Crippen LogP contribution in [0.15, 0.2) is 30.3 Å². The van der Waals surface area contributed by atoms with Crippen LogP contribution in [0.2, 0.25) is 0 Å². The Kier molecular flexibility index (Phi) is 6.22. The van der Waals surface area contributed by atoms with E-state index in [0.29, 0.717) is 0 Å². The van der Waals surface area contributed by atoms with Crippen LogP contribution in [0.3, 0.4) is 0 Å². The Labute approximate surface area is 113 Å². The zero-order valence-corrected chi connectivity index (χ0v) is 11.3. The lowest BCUT2D eigenvalue weighted by Gasteiger charge is -2.18. The number of esters is 1. The number of aliphatic hydroxyl groups is 1. The molecule has 0 saturated heterocycles. The minimum absolute atomic E-state index is 0.0849. The van der Waals surface area contributed by atoms with Crippen molar-refractivity contribution in [1.29, 1.82) is 0 Å². The molecule has 19 heavy (non-hydrogen) atoms. The Hall–Kier alpha value is -1.68. The fourth-order valence-corrected chi connectivity index (χ4v) is 1.95. The van der Waals surface area contributed by atoms with Gasteiger partial charge in [-0.1, -0.05) is 30.3 Å². The van der Waals surface area contributed by atoms with Gasteiger partial charge in [-0.15, -0.1) is 0 Å². The van der Waals surface area contributed by atoms with E-state index in [9.17, 15) is 14.7 Å². The van der Waals surface area contributed by atoms with Gasteiger partial charge in [-0.3, -0.25) is 4.79 Å². The smallest absolute Gasteiger partial charge is 0.309 e. The number of aliphatic hydroxyl groups excluding tert-OH is 1. The number of ether oxygens (including phenoxy) is 1. The van der Waals surface area contributed by atoms with Gasteiger partial charge in [-0.05, 0) is 25.8 Å². The van der Waals surface area contributed by atoms with E-state index in [-0.39, 0.29) is 25.2 Å². The summed E-state index contributed by atoms with van der Waals surface area (Å²) in [6, 6.07) is 9.09. The summed E-state index contributed by atoms with van der Waals surface area (Å²) in [5.74, 6) is -1.10.